The zero-order valence-electron chi connectivity index (χ0n) is 11.1. The van der Waals surface area contributed by atoms with Gasteiger partial charge in [0.1, 0.15) is 0 Å². The van der Waals surface area contributed by atoms with Gasteiger partial charge in [-0.1, -0.05) is 36.4 Å². The van der Waals surface area contributed by atoms with Crippen molar-refractivity contribution in [3.05, 3.63) is 68.8 Å². The van der Waals surface area contributed by atoms with E-state index in [0.29, 0.717) is 0 Å². The first-order chi connectivity index (χ1) is 9.58. The van der Waals surface area contributed by atoms with Crippen molar-refractivity contribution in [3.8, 4) is 0 Å². The van der Waals surface area contributed by atoms with Crippen molar-refractivity contribution in [2.45, 2.75) is 18.4 Å². The van der Waals surface area contributed by atoms with Crippen LogP contribution in [0.15, 0.2) is 48.5 Å². The average molecular weight is 376 g/mol. The van der Waals surface area contributed by atoms with Crippen molar-refractivity contribution in [2.75, 3.05) is 5.73 Å². The maximum atomic E-state index is 6.71. The highest BCUT2D eigenvalue weighted by Crippen LogP contribution is 2.37. The summed E-state index contributed by atoms with van der Waals surface area (Å²) in [5, 5.41) is 0. The Morgan fingerprint density at radius 1 is 1.10 bits per heavy atom. The van der Waals surface area contributed by atoms with E-state index in [0.717, 1.165) is 29.7 Å². The molecular weight excluding hydrogens is 359 g/mol. The van der Waals surface area contributed by atoms with Crippen LogP contribution in [0.5, 0.6) is 0 Å². The summed E-state index contributed by atoms with van der Waals surface area (Å²) in [7, 11) is 0. The molecule has 1 aliphatic rings. The largest absolute Gasteiger partial charge is 0.398 e. The van der Waals surface area contributed by atoms with Crippen molar-refractivity contribution in [1.82, 2.24) is 0 Å². The lowest BCUT2D eigenvalue weighted by molar-refractivity contribution is 0.444. The predicted molar refractivity (Wildman–Crippen MR) is 93.2 cm³/mol. The molecule has 0 radical (unpaired) electrons. The van der Waals surface area contributed by atoms with Crippen LogP contribution in [-0.4, -0.2) is 0 Å². The molecule has 2 aromatic carbocycles. The van der Waals surface area contributed by atoms with Gasteiger partial charge in [0.15, 0.2) is 0 Å². The molecule has 3 heteroatoms. The quantitative estimate of drug-likeness (QED) is 0.621. The fourth-order valence-corrected chi connectivity index (χ4v) is 3.29. The summed E-state index contributed by atoms with van der Waals surface area (Å²) < 4.78 is 1.24. The van der Waals surface area contributed by atoms with E-state index in [4.69, 9.17) is 11.5 Å². The Labute approximate surface area is 133 Å². The minimum Gasteiger partial charge on any atom is -0.398 e. The fourth-order valence-electron chi connectivity index (χ4n) is 2.93. The Hall–Kier alpha value is -1.33. The normalized spacial score (nSPS) is 20.7. The second kappa shape index (κ2) is 5.22. The summed E-state index contributed by atoms with van der Waals surface area (Å²) in [6, 6.07) is 14.5. The Morgan fingerprint density at radius 2 is 1.85 bits per heavy atom. The molecule has 0 heterocycles. The molecule has 1 atom stereocenters. The lowest BCUT2D eigenvalue weighted by Gasteiger charge is -2.34. The standard InChI is InChI=1S/C17H17IN2/c18-14-8-6-12(7-9-14)11-17(20)10-2-4-13-3-1-5-15(19)16(13)17/h1-9H,10-11,19-20H2. The predicted octanol–water partition coefficient (Wildman–Crippen LogP) is 3.69. The van der Waals surface area contributed by atoms with Gasteiger partial charge < -0.3 is 11.5 Å². The molecule has 4 N–H and O–H groups in total. The van der Waals surface area contributed by atoms with E-state index in [2.05, 4.69) is 65.1 Å². The molecule has 20 heavy (non-hydrogen) atoms. The molecule has 0 saturated carbocycles. The number of hydrogen-bond donors (Lipinski definition) is 2. The Bertz CT molecular complexity index is 661. The van der Waals surface area contributed by atoms with Crippen LogP contribution in [0.25, 0.3) is 6.08 Å². The highest BCUT2D eigenvalue weighted by Gasteiger charge is 2.32. The van der Waals surface area contributed by atoms with Gasteiger partial charge in [-0.15, -0.1) is 0 Å². The van der Waals surface area contributed by atoms with Crippen molar-refractivity contribution < 1.29 is 0 Å². The summed E-state index contributed by atoms with van der Waals surface area (Å²) in [4.78, 5) is 0. The summed E-state index contributed by atoms with van der Waals surface area (Å²) in [6.45, 7) is 0. The number of halogens is 1. The van der Waals surface area contributed by atoms with E-state index in [1.165, 1.54) is 9.13 Å². The first kappa shape index (κ1) is 13.6. The van der Waals surface area contributed by atoms with Gasteiger partial charge in [-0.2, -0.15) is 0 Å². The zero-order chi connectivity index (χ0) is 14.2. The third kappa shape index (κ3) is 2.47. The number of benzene rings is 2. The minimum absolute atomic E-state index is 0.414. The van der Waals surface area contributed by atoms with Crippen molar-refractivity contribution >= 4 is 34.4 Å². The van der Waals surface area contributed by atoms with Gasteiger partial charge in [0, 0.05) is 14.8 Å². The van der Waals surface area contributed by atoms with Crippen LogP contribution in [0.1, 0.15) is 23.1 Å². The van der Waals surface area contributed by atoms with E-state index in [1.807, 2.05) is 12.1 Å². The lowest BCUT2D eigenvalue weighted by Crippen LogP contribution is -2.41. The van der Waals surface area contributed by atoms with Crippen LogP contribution >= 0.6 is 22.6 Å². The molecule has 1 aliphatic carbocycles. The van der Waals surface area contributed by atoms with E-state index in [1.54, 1.807) is 0 Å². The molecule has 2 nitrogen and oxygen atoms in total. The smallest absolute Gasteiger partial charge is 0.0511 e. The maximum absolute atomic E-state index is 6.71. The Kier molecular flexibility index (Phi) is 3.56. The lowest BCUT2D eigenvalue weighted by atomic mass is 9.76. The van der Waals surface area contributed by atoms with Crippen molar-refractivity contribution in [3.63, 3.8) is 0 Å². The second-order valence-electron chi connectivity index (χ2n) is 5.38. The van der Waals surface area contributed by atoms with Crippen LogP contribution in [0, 0.1) is 3.57 Å². The summed E-state index contributed by atoms with van der Waals surface area (Å²) in [6.07, 6.45) is 5.88. The molecule has 0 bridgehead atoms. The first-order valence-electron chi connectivity index (χ1n) is 6.67. The van der Waals surface area contributed by atoms with Gasteiger partial charge in [-0.05, 0) is 64.8 Å². The Morgan fingerprint density at radius 3 is 2.60 bits per heavy atom. The van der Waals surface area contributed by atoms with E-state index in [9.17, 15) is 0 Å². The highest BCUT2D eigenvalue weighted by molar-refractivity contribution is 14.1. The molecule has 0 spiro atoms. The number of nitrogen functional groups attached to an aromatic ring is 1. The SMILES string of the molecule is Nc1cccc2c1C(N)(Cc1ccc(I)cc1)CC=C2. The van der Waals surface area contributed by atoms with Crippen LogP contribution in [0.2, 0.25) is 0 Å². The van der Waals surface area contributed by atoms with Crippen LogP contribution in [-0.2, 0) is 12.0 Å². The number of nitrogens with two attached hydrogens (primary N) is 2. The number of anilines is 1. The van der Waals surface area contributed by atoms with Crippen LogP contribution in [0.3, 0.4) is 0 Å². The summed E-state index contributed by atoms with van der Waals surface area (Å²) in [5.41, 5.74) is 16.7. The average Bonchev–Trinajstić information content (AvgIpc) is 2.41. The van der Waals surface area contributed by atoms with Gasteiger partial charge in [0.2, 0.25) is 0 Å². The monoisotopic (exact) mass is 376 g/mol. The van der Waals surface area contributed by atoms with Gasteiger partial charge >= 0.3 is 0 Å². The van der Waals surface area contributed by atoms with E-state index >= 15 is 0 Å². The molecule has 0 saturated heterocycles. The van der Waals surface area contributed by atoms with Crippen molar-refractivity contribution in [1.29, 1.82) is 0 Å². The van der Waals surface area contributed by atoms with Gasteiger partial charge in [0.25, 0.3) is 0 Å². The van der Waals surface area contributed by atoms with Gasteiger partial charge in [-0.3, -0.25) is 0 Å². The molecule has 102 valence electrons. The molecule has 0 aromatic heterocycles. The Balaban J connectivity index is 2.01. The summed E-state index contributed by atoms with van der Waals surface area (Å²) >= 11 is 2.31. The third-order valence-electron chi connectivity index (χ3n) is 3.84. The van der Waals surface area contributed by atoms with Gasteiger partial charge in [-0.25, -0.2) is 0 Å². The molecule has 0 fully saturated rings. The fraction of sp³-hybridized carbons (Fsp3) is 0.176. The zero-order valence-corrected chi connectivity index (χ0v) is 13.3. The molecule has 0 aliphatic heterocycles. The molecule has 3 rings (SSSR count). The molecule has 2 aromatic rings. The van der Waals surface area contributed by atoms with Crippen molar-refractivity contribution in [2.24, 2.45) is 5.73 Å². The maximum Gasteiger partial charge on any atom is 0.0511 e. The second-order valence-corrected chi connectivity index (χ2v) is 6.62. The number of rotatable bonds is 2. The van der Waals surface area contributed by atoms with E-state index in [-0.39, 0.29) is 0 Å². The third-order valence-corrected chi connectivity index (χ3v) is 4.56. The minimum atomic E-state index is -0.414. The summed E-state index contributed by atoms with van der Waals surface area (Å²) in [5.74, 6) is 0. The van der Waals surface area contributed by atoms with Gasteiger partial charge in [0.05, 0.1) is 5.54 Å². The topological polar surface area (TPSA) is 52.0 Å². The van der Waals surface area contributed by atoms with E-state index < -0.39 is 5.54 Å². The van der Waals surface area contributed by atoms with Crippen LogP contribution < -0.4 is 11.5 Å². The van der Waals surface area contributed by atoms with Crippen LogP contribution in [0.4, 0.5) is 5.69 Å². The molecule has 0 amide bonds. The number of fused-ring (bicyclic) bond motifs is 1. The molecule has 1 unspecified atom stereocenters. The first-order valence-corrected chi connectivity index (χ1v) is 7.75. The molecular formula is C17H17IN2. The highest BCUT2D eigenvalue weighted by atomic mass is 127. The number of hydrogen-bond acceptors (Lipinski definition) is 2.